The first-order valence-corrected chi connectivity index (χ1v) is 5.50. The summed E-state index contributed by atoms with van der Waals surface area (Å²) < 4.78 is 0. The van der Waals surface area contributed by atoms with Crippen molar-refractivity contribution in [3.05, 3.63) is 30.0 Å². The van der Waals surface area contributed by atoms with E-state index in [0.29, 0.717) is 0 Å². The van der Waals surface area contributed by atoms with E-state index in [1.807, 2.05) is 24.4 Å². The summed E-state index contributed by atoms with van der Waals surface area (Å²) >= 11 is 3.34. The van der Waals surface area contributed by atoms with Crippen molar-refractivity contribution in [2.24, 2.45) is 0 Å². The summed E-state index contributed by atoms with van der Waals surface area (Å²) in [5.74, 6) is 6.18. The Kier molecular flexibility index (Phi) is 2.85. The average Bonchev–Trinajstić information content (AvgIpc) is 2.65. The maximum atomic E-state index is 3.96. The second-order valence-electron chi connectivity index (χ2n) is 2.91. The molecule has 0 aliphatic rings. The lowest BCUT2D eigenvalue weighted by atomic mass is 10.2. The Bertz CT molecular complexity index is 490. The molecule has 0 aliphatic carbocycles. The van der Waals surface area contributed by atoms with E-state index in [1.165, 1.54) is 0 Å². The van der Waals surface area contributed by atoms with Gasteiger partial charge in [0, 0.05) is 22.7 Å². The Morgan fingerprint density at radius 3 is 3.21 bits per heavy atom. The Morgan fingerprint density at radius 1 is 1.43 bits per heavy atom. The molecule has 1 heterocycles. The number of hydrogen-bond donors (Lipinski definition) is 1. The molecular weight excluding hydrogens is 240 g/mol. The van der Waals surface area contributed by atoms with Crippen molar-refractivity contribution in [2.75, 3.05) is 5.33 Å². The van der Waals surface area contributed by atoms with Crippen LogP contribution in [0.15, 0.2) is 24.4 Å². The first kappa shape index (κ1) is 9.29. The lowest BCUT2D eigenvalue weighted by Gasteiger charge is -1.90. The van der Waals surface area contributed by atoms with Gasteiger partial charge in [0.2, 0.25) is 0 Å². The molecule has 0 amide bonds. The minimum Gasteiger partial charge on any atom is -0.278 e. The topological polar surface area (TPSA) is 28.7 Å². The Labute approximate surface area is 90.8 Å². The molecule has 0 saturated heterocycles. The maximum Gasteiger partial charge on any atom is 0.0662 e. The van der Waals surface area contributed by atoms with Gasteiger partial charge in [-0.2, -0.15) is 5.10 Å². The van der Waals surface area contributed by atoms with E-state index in [9.17, 15) is 0 Å². The van der Waals surface area contributed by atoms with E-state index in [1.54, 1.807) is 0 Å². The van der Waals surface area contributed by atoms with Gasteiger partial charge in [-0.1, -0.05) is 27.8 Å². The molecule has 2 nitrogen and oxygen atoms in total. The summed E-state index contributed by atoms with van der Waals surface area (Å²) in [5.41, 5.74) is 2.07. The fraction of sp³-hybridized carbons (Fsp3) is 0.182. The Balaban J connectivity index is 2.31. The molecule has 2 aromatic rings. The summed E-state index contributed by atoms with van der Waals surface area (Å²) in [5, 5.41) is 8.93. The van der Waals surface area contributed by atoms with Crippen LogP contribution < -0.4 is 0 Å². The highest BCUT2D eigenvalue weighted by atomic mass is 79.9. The fourth-order valence-electron chi connectivity index (χ4n) is 1.23. The number of rotatable bonds is 1. The summed E-state index contributed by atoms with van der Waals surface area (Å²) in [6, 6.07) is 6.06. The molecule has 0 bridgehead atoms. The summed E-state index contributed by atoms with van der Waals surface area (Å²) in [6.45, 7) is 0. The van der Waals surface area contributed by atoms with Crippen molar-refractivity contribution in [1.82, 2.24) is 10.2 Å². The number of nitrogens with one attached hydrogen (secondary N) is 1. The van der Waals surface area contributed by atoms with Gasteiger partial charge in [-0.15, -0.1) is 0 Å². The number of alkyl halides is 1. The van der Waals surface area contributed by atoms with Gasteiger partial charge in [0.25, 0.3) is 0 Å². The molecule has 0 aliphatic heterocycles. The van der Waals surface area contributed by atoms with E-state index >= 15 is 0 Å². The van der Waals surface area contributed by atoms with Gasteiger partial charge < -0.3 is 0 Å². The van der Waals surface area contributed by atoms with Crippen molar-refractivity contribution in [3.8, 4) is 11.8 Å². The van der Waals surface area contributed by atoms with Gasteiger partial charge in [-0.25, -0.2) is 0 Å². The monoisotopic (exact) mass is 248 g/mol. The first-order chi connectivity index (χ1) is 6.90. The van der Waals surface area contributed by atoms with Crippen LogP contribution in [0.3, 0.4) is 0 Å². The molecule has 3 heteroatoms. The second-order valence-corrected chi connectivity index (χ2v) is 3.71. The minimum atomic E-state index is 0.876. The van der Waals surface area contributed by atoms with Crippen LogP contribution in [0.4, 0.5) is 0 Å². The minimum absolute atomic E-state index is 0.876. The van der Waals surface area contributed by atoms with Crippen LogP contribution in [0, 0.1) is 11.8 Å². The van der Waals surface area contributed by atoms with Crippen LogP contribution in [0.25, 0.3) is 10.9 Å². The third-order valence-corrected chi connectivity index (χ3v) is 2.29. The third-order valence-electron chi connectivity index (χ3n) is 1.89. The lowest BCUT2D eigenvalue weighted by molar-refractivity contribution is 1.12. The van der Waals surface area contributed by atoms with Gasteiger partial charge in [0.1, 0.15) is 0 Å². The predicted molar refractivity (Wildman–Crippen MR) is 61.4 cm³/mol. The van der Waals surface area contributed by atoms with E-state index in [-0.39, 0.29) is 0 Å². The standard InChI is InChI=1S/C11H9BrN2/c12-6-2-1-3-9-4-5-10-8-13-14-11(10)7-9/h4-5,7-8H,2,6H2,(H,13,14). The number of fused-ring (bicyclic) bond motifs is 1. The van der Waals surface area contributed by atoms with Crippen LogP contribution in [0.5, 0.6) is 0 Å². The number of halogens is 1. The highest BCUT2D eigenvalue weighted by molar-refractivity contribution is 9.09. The van der Waals surface area contributed by atoms with Gasteiger partial charge >= 0.3 is 0 Å². The molecule has 0 saturated carbocycles. The predicted octanol–water partition coefficient (Wildman–Crippen LogP) is 2.70. The molecule has 70 valence electrons. The highest BCUT2D eigenvalue weighted by Gasteiger charge is 1.94. The molecule has 0 unspecified atom stereocenters. The quantitative estimate of drug-likeness (QED) is 0.611. The molecule has 1 N–H and O–H groups in total. The molecule has 0 fully saturated rings. The number of benzene rings is 1. The number of aromatic nitrogens is 2. The van der Waals surface area contributed by atoms with Crippen molar-refractivity contribution in [3.63, 3.8) is 0 Å². The molecule has 0 atom stereocenters. The molecule has 1 aromatic heterocycles. The summed E-state index contributed by atoms with van der Waals surface area (Å²) in [4.78, 5) is 0. The fourth-order valence-corrected chi connectivity index (χ4v) is 1.42. The van der Waals surface area contributed by atoms with Crippen LogP contribution in [-0.4, -0.2) is 15.5 Å². The van der Waals surface area contributed by atoms with E-state index in [2.05, 4.69) is 38.0 Å². The smallest absolute Gasteiger partial charge is 0.0662 e. The number of hydrogen-bond acceptors (Lipinski definition) is 1. The van der Waals surface area contributed by atoms with Crippen LogP contribution in [-0.2, 0) is 0 Å². The number of nitrogens with zero attached hydrogens (tertiary/aromatic N) is 1. The Morgan fingerprint density at radius 2 is 2.36 bits per heavy atom. The number of aromatic amines is 1. The number of H-pyrrole nitrogens is 1. The normalized spacial score (nSPS) is 9.79. The van der Waals surface area contributed by atoms with Gasteiger partial charge in [-0.3, -0.25) is 5.10 Å². The SMILES string of the molecule is BrCCC#Cc1ccc2cn[nH]c2c1. The lowest BCUT2D eigenvalue weighted by Crippen LogP contribution is -1.75. The molecule has 0 spiro atoms. The van der Waals surface area contributed by atoms with Crippen LogP contribution in [0.2, 0.25) is 0 Å². The van der Waals surface area contributed by atoms with Gasteiger partial charge in [0.15, 0.2) is 0 Å². The second kappa shape index (κ2) is 4.30. The molecule has 0 radical (unpaired) electrons. The van der Waals surface area contributed by atoms with Crippen LogP contribution in [0.1, 0.15) is 12.0 Å². The maximum absolute atomic E-state index is 3.96. The van der Waals surface area contributed by atoms with Gasteiger partial charge in [0.05, 0.1) is 11.7 Å². The van der Waals surface area contributed by atoms with Gasteiger partial charge in [-0.05, 0) is 18.2 Å². The largest absolute Gasteiger partial charge is 0.278 e. The molecule has 1 aromatic carbocycles. The molecule has 2 rings (SSSR count). The van der Waals surface area contributed by atoms with Crippen molar-refractivity contribution >= 4 is 26.8 Å². The zero-order chi connectivity index (χ0) is 9.80. The molecular formula is C11H9BrN2. The van der Waals surface area contributed by atoms with E-state index in [0.717, 1.165) is 28.2 Å². The summed E-state index contributed by atoms with van der Waals surface area (Å²) in [6.07, 6.45) is 2.69. The molecule has 14 heavy (non-hydrogen) atoms. The highest BCUT2D eigenvalue weighted by Crippen LogP contribution is 2.11. The van der Waals surface area contributed by atoms with Crippen LogP contribution >= 0.6 is 15.9 Å². The van der Waals surface area contributed by atoms with Crippen molar-refractivity contribution < 1.29 is 0 Å². The zero-order valence-corrected chi connectivity index (χ0v) is 9.13. The zero-order valence-electron chi connectivity index (χ0n) is 7.55. The summed E-state index contributed by atoms with van der Waals surface area (Å²) in [7, 11) is 0. The van der Waals surface area contributed by atoms with Crippen molar-refractivity contribution in [1.29, 1.82) is 0 Å². The van der Waals surface area contributed by atoms with Crippen molar-refractivity contribution in [2.45, 2.75) is 6.42 Å². The third kappa shape index (κ3) is 1.97. The van der Waals surface area contributed by atoms with E-state index in [4.69, 9.17) is 0 Å². The first-order valence-electron chi connectivity index (χ1n) is 4.38. The average molecular weight is 249 g/mol. The Hall–Kier alpha value is -1.27. The van der Waals surface area contributed by atoms with E-state index < -0.39 is 0 Å².